The summed E-state index contributed by atoms with van der Waals surface area (Å²) < 4.78 is 5.51. The third kappa shape index (κ3) is 69.2. The summed E-state index contributed by atoms with van der Waals surface area (Å²) >= 11 is 0. The molecule has 84 heavy (non-hydrogen) atoms. The van der Waals surface area contributed by atoms with Crippen LogP contribution in [0.5, 0.6) is 0 Å². The number of hydrogen-bond donors (Lipinski definition) is 3. The Morgan fingerprint density at radius 3 is 0.940 bits per heavy atom. The highest BCUT2D eigenvalue weighted by molar-refractivity contribution is 5.76. The first-order valence-electron chi connectivity index (χ1n) is 38.2. The molecule has 2 unspecified atom stereocenters. The first kappa shape index (κ1) is 82.1. The van der Waals surface area contributed by atoms with E-state index in [1.807, 2.05) is 0 Å². The summed E-state index contributed by atoms with van der Waals surface area (Å²) in [7, 11) is 0. The van der Waals surface area contributed by atoms with Crippen LogP contribution in [0.3, 0.4) is 0 Å². The largest absolute Gasteiger partial charge is 0.466 e. The SMILES string of the molecule is CCCCC/C=C\C/C=C\CCCCCCCCCCCC(=O)OCCCCCCCCCCCCCC/C=C\CCCCCCCCCCCCC(=O)NC(CO)C(O)CCCCCCCCCCCCCCCCCCCCCCCC. The van der Waals surface area contributed by atoms with Crippen LogP contribution in [0.15, 0.2) is 36.5 Å². The lowest BCUT2D eigenvalue weighted by atomic mass is 10.0. The molecule has 496 valence electrons. The summed E-state index contributed by atoms with van der Waals surface area (Å²) in [6.45, 7) is 4.97. The maximum Gasteiger partial charge on any atom is 0.305 e. The molecule has 0 saturated carbocycles. The Balaban J connectivity index is 3.38. The third-order valence-corrected chi connectivity index (χ3v) is 17.9. The number of rotatable bonds is 72. The van der Waals surface area contributed by atoms with E-state index in [0.717, 1.165) is 51.4 Å². The summed E-state index contributed by atoms with van der Waals surface area (Å²) in [6.07, 6.45) is 95.0. The van der Waals surface area contributed by atoms with Gasteiger partial charge in [-0.25, -0.2) is 0 Å². The van der Waals surface area contributed by atoms with Gasteiger partial charge in [0.1, 0.15) is 0 Å². The average Bonchev–Trinajstić information content (AvgIpc) is 3.51. The standard InChI is InChI=1S/C78H149NO5/c1-3-5-7-9-11-13-15-17-19-21-23-24-31-35-38-42-46-50-54-58-62-66-70-76(81)75(74-80)79-77(82)71-67-63-59-55-51-47-43-39-36-32-29-27-25-26-28-30-33-37-41-45-49-53-57-61-65-69-73-84-78(83)72-68-64-60-56-52-48-44-40-34-22-20-18-16-14-12-10-8-6-4-2/h12,14,18,20,25,27,75-76,80-81H,3-11,13,15-17,19,21-24,26,28-74H2,1-2H3,(H,79,82)/b14-12-,20-18-,27-25-. The lowest BCUT2D eigenvalue weighted by molar-refractivity contribution is -0.143. The highest BCUT2D eigenvalue weighted by atomic mass is 16.5. The van der Waals surface area contributed by atoms with Gasteiger partial charge in [0.05, 0.1) is 25.4 Å². The van der Waals surface area contributed by atoms with Crippen molar-refractivity contribution in [2.45, 2.75) is 437 Å². The number of amides is 1. The van der Waals surface area contributed by atoms with Crippen LogP contribution in [0.1, 0.15) is 425 Å². The number of ether oxygens (including phenoxy) is 1. The maximum absolute atomic E-state index is 12.6. The van der Waals surface area contributed by atoms with Crippen LogP contribution in [0.2, 0.25) is 0 Å². The van der Waals surface area contributed by atoms with Crippen LogP contribution in [0, 0.1) is 0 Å². The Morgan fingerprint density at radius 2 is 0.595 bits per heavy atom. The van der Waals surface area contributed by atoms with Crippen molar-refractivity contribution in [3.8, 4) is 0 Å². The molecule has 0 aromatic heterocycles. The molecule has 0 aliphatic carbocycles. The second kappa shape index (κ2) is 73.5. The van der Waals surface area contributed by atoms with E-state index < -0.39 is 12.1 Å². The van der Waals surface area contributed by atoms with Crippen molar-refractivity contribution in [3.63, 3.8) is 0 Å². The number of aliphatic hydroxyl groups excluding tert-OH is 2. The van der Waals surface area contributed by atoms with Gasteiger partial charge in [-0.3, -0.25) is 9.59 Å². The van der Waals surface area contributed by atoms with E-state index in [9.17, 15) is 19.8 Å². The van der Waals surface area contributed by atoms with Crippen molar-refractivity contribution < 1.29 is 24.5 Å². The van der Waals surface area contributed by atoms with E-state index >= 15 is 0 Å². The fourth-order valence-corrected chi connectivity index (χ4v) is 12.1. The topological polar surface area (TPSA) is 95.9 Å². The predicted molar refractivity (Wildman–Crippen MR) is 370 cm³/mol. The van der Waals surface area contributed by atoms with E-state index in [1.165, 1.54) is 340 Å². The molecule has 0 aromatic rings. The van der Waals surface area contributed by atoms with Crippen molar-refractivity contribution in [1.82, 2.24) is 5.32 Å². The number of carbonyl (C=O) groups excluding carboxylic acids is 2. The van der Waals surface area contributed by atoms with Crippen molar-refractivity contribution >= 4 is 11.9 Å². The molecule has 0 spiro atoms. The Bertz CT molecular complexity index is 1360. The number of aliphatic hydroxyl groups is 2. The fraction of sp³-hybridized carbons (Fsp3) is 0.897. The minimum absolute atomic E-state index is 0.0114. The summed E-state index contributed by atoms with van der Waals surface area (Å²) in [5.41, 5.74) is 0. The second-order valence-corrected chi connectivity index (χ2v) is 26.3. The minimum Gasteiger partial charge on any atom is -0.466 e. The maximum atomic E-state index is 12.6. The Hall–Kier alpha value is -1.92. The first-order valence-corrected chi connectivity index (χ1v) is 38.2. The number of hydrogen-bond acceptors (Lipinski definition) is 5. The monoisotopic (exact) mass is 1180 g/mol. The Kier molecular flexibility index (Phi) is 71.9. The minimum atomic E-state index is -0.667. The van der Waals surface area contributed by atoms with Crippen LogP contribution >= 0.6 is 0 Å². The first-order chi connectivity index (χ1) is 41.5. The Labute approximate surface area is 525 Å². The molecule has 0 aromatic carbocycles. The lowest BCUT2D eigenvalue weighted by Gasteiger charge is -2.22. The molecule has 1 amide bonds. The summed E-state index contributed by atoms with van der Waals surface area (Å²) in [6, 6.07) is -0.545. The third-order valence-electron chi connectivity index (χ3n) is 17.9. The van der Waals surface area contributed by atoms with Gasteiger partial charge in [-0.05, 0) is 83.5 Å². The molecule has 6 nitrogen and oxygen atoms in total. The zero-order valence-corrected chi connectivity index (χ0v) is 56.9. The van der Waals surface area contributed by atoms with Gasteiger partial charge >= 0.3 is 5.97 Å². The highest BCUT2D eigenvalue weighted by Gasteiger charge is 2.20. The van der Waals surface area contributed by atoms with Crippen LogP contribution in [-0.2, 0) is 14.3 Å². The molecule has 2 atom stereocenters. The number of unbranched alkanes of at least 4 members (excludes halogenated alkanes) is 55. The van der Waals surface area contributed by atoms with Gasteiger partial charge in [0, 0.05) is 12.8 Å². The van der Waals surface area contributed by atoms with Gasteiger partial charge in [-0.2, -0.15) is 0 Å². The van der Waals surface area contributed by atoms with Crippen molar-refractivity contribution in [2.75, 3.05) is 13.2 Å². The van der Waals surface area contributed by atoms with Crippen molar-refractivity contribution in [3.05, 3.63) is 36.5 Å². The molecule has 0 fully saturated rings. The molecule has 0 heterocycles. The van der Waals surface area contributed by atoms with Gasteiger partial charge in [-0.1, -0.05) is 365 Å². The van der Waals surface area contributed by atoms with Gasteiger partial charge in [0.15, 0.2) is 0 Å². The number of allylic oxidation sites excluding steroid dienone is 6. The molecular formula is C78H149NO5. The van der Waals surface area contributed by atoms with Crippen molar-refractivity contribution in [1.29, 1.82) is 0 Å². The molecule has 0 aliphatic rings. The Morgan fingerprint density at radius 1 is 0.333 bits per heavy atom. The van der Waals surface area contributed by atoms with Crippen LogP contribution in [0.4, 0.5) is 0 Å². The second-order valence-electron chi connectivity index (χ2n) is 26.3. The zero-order chi connectivity index (χ0) is 60.6. The van der Waals surface area contributed by atoms with Crippen LogP contribution in [-0.4, -0.2) is 47.4 Å². The molecule has 6 heteroatoms. The van der Waals surface area contributed by atoms with E-state index in [2.05, 4.69) is 55.6 Å². The normalized spacial score (nSPS) is 12.7. The van der Waals surface area contributed by atoms with E-state index in [4.69, 9.17) is 4.74 Å². The quantitative estimate of drug-likeness (QED) is 0.0320. The van der Waals surface area contributed by atoms with E-state index in [0.29, 0.717) is 25.9 Å². The highest BCUT2D eigenvalue weighted by Crippen LogP contribution is 2.19. The van der Waals surface area contributed by atoms with E-state index in [1.54, 1.807) is 0 Å². The average molecular weight is 1180 g/mol. The molecule has 0 radical (unpaired) electrons. The molecule has 0 aliphatic heterocycles. The molecule has 0 saturated heterocycles. The van der Waals surface area contributed by atoms with E-state index in [-0.39, 0.29) is 18.5 Å². The van der Waals surface area contributed by atoms with Gasteiger partial charge < -0.3 is 20.3 Å². The molecule has 0 rings (SSSR count). The molecule has 0 bridgehead atoms. The predicted octanol–water partition coefficient (Wildman–Crippen LogP) is 25.0. The molecular weight excluding hydrogens is 1030 g/mol. The summed E-state index contributed by atoms with van der Waals surface area (Å²) in [5.74, 6) is -0.0208. The number of esters is 1. The van der Waals surface area contributed by atoms with Gasteiger partial charge in [-0.15, -0.1) is 0 Å². The van der Waals surface area contributed by atoms with Gasteiger partial charge in [0.2, 0.25) is 5.91 Å². The van der Waals surface area contributed by atoms with Gasteiger partial charge in [0.25, 0.3) is 0 Å². The van der Waals surface area contributed by atoms with Crippen LogP contribution in [0.25, 0.3) is 0 Å². The fourth-order valence-electron chi connectivity index (χ4n) is 12.1. The number of carbonyl (C=O) groups is 2. The zero-order valence-electron chi connectivity index (χ0n) is 56.9. The summed E-state index contributed by atoms with van der Waals surface area (Å²) in [5, 5.41) is 23.4. The summed E-state index contributed by atoms with van der Waals surface area (Å²) in [4.78, 5) is 24.7. The lowest BCUT2D eigenvalue weighted by Crippen LogP contribution is -2.45. The van der Waals surface area contributed by atoms with Crippen molar-refractivity contribution in [2.24, 2.45) is 0 Å². The number of nitrogens with one attached hydrogen (secondary N) is 1. The van der Waals surface area contributed by atoms with Crippen LogP contribution < -0.4 is 5.32 Å². The molecule has 3 N–H and O–H groups in total. The smallest absolute Gasteiger partial charge is 0.305 e.